The lowest BCUT2D eigenvalue weighted by atomic mass is 10.2. The largest absolute Gasteiger partial charge is 0.494 e. The third kappa shape index (κ3) is 7.88. The highest BCUT2D eigenvalue weighted by Crippen LogP contribution is 2.10. The van der Waals surface area contributed by atoms with Crippen LogP contribution in [0.2, 0.25) is 0 Å². The van der Waals surface area contributed by atoms with Crippen LogP contribution in [0.3, 0.4) is 0 Å². The van der Waals surface area contributed by atoms with E-state index in [1.54, 1.807) is 24.3 Å². The summed E-state index contributed by atoms with van der Waals surface area (Å²) in [5.41, 5.74) is 0.661. The molecule has 0 aliphatic heterocycles. The summed E-state index contributed by atoms with van der Waals surface area (Å²) in [6.45, 7) is 3.83. The van der Waals surface area contributed by atoms with Gasteiger partial charge in [-0.05, 0) is 38.1 Å². The standard InChI is InChI=1S/C9H9NO.C4H6O3/c1-2-11-9-5-3-8(7-10)4-6-9;1-3(5)2-4(6)7/h3-6H,2H2,1H3;2H2,1H3,(H,6,7). The number of carboxylic acid groups (broad SMARTS) is 1. The van der Waals surface area contributed by atoms with Crippen molar-refractivity contribution < 1.29 is 19.4 Å². The van der Waals surface area contributed by atoms with E-state index < -0.39 is 5.97 Å². The van der Waals surface area contributed by atoms with Gasteiger partial charge in [0.25, 0.3) is 0 Å². The number of carbonyl (C=O) groups is 2. The molecule has 0 amide bonds. The van der Waals surface area contributed by atoms with Gasteiger partial charge in [0.2, 0.25) is 0 Å². The van der Waals surface area contributed by atoms with Crippen LogP contribution < -0.4 is 4.74 Å². The van der Waals surface area contributed by atoms with Crippen molar-refractivity contribution in [3.63, 3.8) is 0 Å². The average molecular weight is 249 g/mol. The Bertz CT molecular complexity index is 419. The van der Waals surface area contributed by atoms with Crippen molar-refractivity contribution >= 4 is 11.8 Å². The van der Waals surface area contributed by atoms with Crippen molar-refractivity contribution in [3.8, 4) is 11.8 Å². The Morgan fingerprint density at radius 1 is 1.33 bits per heavy atom. The summed E-state index contributed by atoms with van der Waals surface area (Å²) >= 11 is 0. The van der Waals surface area contributed by atoms with Gasteiger partial charge >= 0.3 is 5.97 Å². The maximum Gasteiger partial charge on any atom is 0.310 e. The van der Waals surface area contributed by atoms with Crippen molar-refractivity contribution in [1.82, 2.24) is 0 Å². The molecule has 1 aromatic rings. The lowest BCUT2D eigenvalue weighted by molar-refractivity contribution is -0.139. The Morgan fingerprint density at radius 3 is 2.17 bits per heavy atom. The number of nitrogens with zero attached hydrogens (tertiary/aromatic N) is 1. The number of nitriles is 1. The zero-order valence-electron chi connectivity index (χ0n) is 10.3. The normalized spacial score (nSPS) is 8.50. The zero-order chi connectivity index (χ0) is 14.0. The average Bonchev–Trinajstić information content (AvgIpc) is 2.29. The second-order valence-electron chi connectivity index (χ2n) is 3.34. The first kappa shape index (κ1) is 15.7. The second kappa shape index (κ2) is 8.76. The Hall–Kier alpha value is -2.35. The Kier molecular flexibility index (Phi) is 7.62. The molecule has 0 bridgehead atoms. The highest BCUT2D eigenvalue weighted by atomic mass is 16.5. The molecule has 0 radical (unpaired) electrons. The third-order valence-electron chi connectivity index (χ3n) is 1.69. The predicted molar refractivity (Wildman–Crippen MR) is 65.3 cm³/mol. The molecule has 0 unspecified atom stereocenters. The van der Waals surface area contributed by atoms with E-state index in [2.05, 4.69) is 0 Å². The molecule has 0 saturated heterocycles. The minimum absolute atomic E-state index is 0.312. The van der Waals surface area contributed by atoms with Gasteiger partial charge in [-0.2, -0.15) is 5.26 Å². The molecule has 0 aliphatic carbocycles. The number of aliphatic carboxylic acids is 1. The topological polar surface area (TPSA) is 87.4 Å². The molecule has 0 aromatic heterocycles. The first-order chi connectivity index (χ1) is 8.49. The first-order valence-corrected chi connectivity index (χ1v) is 5.33. The Morgan fingerprint density at radius 2 is 1.89 bits per heavy atom. The van der Waals surface area contributed by atoms with Crippen LogP contribution in [0.5, 0.6) is 5.75 Å². The molecule has 96 valence electrons. The van der Waals surface area contributed by atoms with Gasteiger partial charge in [-0.3, -0.25) is 9.59 Å². The van der Waals surface area contributed by atoms with Crippen LogP contribution in [-0.4, -0.2) is 23.5 Å². The van der Waals surface area contributed by atoms with Crippen LogP contribution in [-0.2, 0) is 9.59 Å². The van der Waals surface area contributed by atoms with Gasteiger partial charge in [0.15, 0.2) is 0 Å². The highest BCUT2D eigenvalue weighted by Gasteiger charge is 1.98. The van der Waals surface area contributed by atoms with E-state index in [1.807, 2.05) is 13.0 Å². The van der Waals surface area contributed by atoms with Gasteiger partial charge in [0.05, 0.1) is 18.2 Å². The predicted octanol–water partition coefficient (Wildman–Crippen LogP) is 2.01. The van der Waals surface area contributed by atoms with Crippen LogP contribution in [0, 0.1) is 11.3 Å². The van der Waals surface area contributed by atoms with E-state index in [0.717, 1.165) is 5.75 Å². The zero-order valence-corrected chi connectivity index (χ0v) is 10.3. The molecule has 1 aromatic carbocycles. The molecule has 1 rings (SSSR count). The van der Waals surface area contributed by atoms with Crippen molar-refractivity contribution in [1.29, 1.82) is 5.26 Å². The quantitative estimate of drug-likeness (QED) is 0.824. The van der Waals surface area contributed by atoms with Crippen LogP contribution in [0.15, 0.2) is 24.3 Å². The van der Waals surface area contributed by atoms with Gasteiger partial charge in [0.1, 0.15) is 18.0 Å². The summed E-state index contributed by atoms with van der Waals surface area (Å²) in [6, 6.07) is 9.11. The van der Waals surface area contributed by atoms with E-state index in [0.29, 0.717) is 12.2 Å². The fraction of sp³-hybridized carbons (Fsp3) is 0.308. The summed E-state index contributed by atoms with van der Waals surface area (Å²) < 4.78 is 5.20. The smallest absolute Gasteiger partial charge is 0.310 e. The van der Waals surface area contributed by atoms with Crippen LogP contribution in [0.4, 0.5) is 0 Å². The summed E-state index contributed by atoms with van der Waals surface area (Å²) in [5, 5.41) is 16.3. The van der Waals surface area contributed by atoms with Gasteiger partial charge < -0.3 is 9.84 Å². The molecular formula is C13H15NO4. The molecule has 0 spiro atoms. The van der Waals surface area contributed by atoms with Crippen molar-refractivity contribution in [3.05, 3.63) is 29.8 Å². The fourth-order valence-corrected chi connectivity index (χ4v) is 1.01. The van der Waals surface area contributed by atoms with Crippen molar-refractivity contribution in [2.24, 2.45) is 0 Å². The SMILES string of the molecule is CC(=O)CC(=O)O.CCOc1ccc(C#N)cc1. The van der Waals surface area contributed by atoms with Gasteiger partial charge in [-0.15, -0.1) is 0 Å². The summed E-state index contributed by atoms with van der Waals surface area (Å²) in [5.74, 6) is -0.563. The maximum absolute atomic E-state index is 9.87. The monoisotopic (exact) mass is 249 g/mol. The number of ether oxygens (including phenoxy) is 1. The Labute approximate surface area is 106 Å². The molecule has 0 heterocycles. The lowest BCUT2D eigenvalue weighted by Gasteiger charge is -2.00. The number of rotatable bonds is 4. The minimum atomic E-state index is -1.06. The highest BCUT2D eigenvalue weighted by molar-refractivity contribution is 5.93. The summed E-state index contributed by atoms with van der Waals surface area (Å²) in [4.78, 5) is 19.5. The van der Waals surface area contributed by atoms with Crippen LogP contribution >= 0.6 is 0 Å². The molecule has 5 heteroatoms. The van der Waals surface area contributed by atoms with E-state index >= 15 is 0 Å². The first-order valence-electron chi connectivity index (χ1n) is 5.33. The van der Waals surface area contributed by atoms with Gasteiger partial charge in [-0.25, -0.2) is 0 Å². The minimum Gasteiger partial charge on any atom is -0.494 e. The van der Waals surface area contributed by atoms with E-state index in [1.165, 1.54) is 6.92 Å². The second-order valence-corrected chi connectivity index (χ2v) is 3.34. The molecule has 5 nitrogen and oxygen atoms in total. The van der Waals surface area contributed by atoms with Crippen LogP contribution in [0.25, 0.3) is 0 Å². The lowest BCUT2D eigenvalue weighted by Crippen LogP contribution is -2.00. The number of carboxylic acids is 1. The number of Topliss-reactive ketones (excluding diaryl/α,β-unsaturated/α-hetero) is 1. The van der Waals surface area contributed by atoms with Gasteiger partial charge in [-0.1, -0.05) is 0 Å². The number of hydrogen-bond acceptors (Lipinski definition) is 4. The summed E-state index contributed by atoms with van der Waals surface area (Å²) in [7, 11) is 0. The maximum atomic E-state index is 9.87. The number of hydrogen-bond donors (Lipinski definition) is 1. The van der Waals surface area contributed by atoms with E-state index in [4.69, 9.17) is 15.1 Å². The Balaban J connectivity index is 0.000000360. The molecule has 18 heavy (non-hydrogen) atoms. The molecule has 0 atom stereocenters. The van der Waals surface area contributed by atoms with E-state index in [-0.39, 0.29) is 12.2 Å². The number of benzene rings is 1. The van der Waals surface area contributed by atoms with Crippen LogP contribution in [0.1, 0.15) is 25.8 Å². The fourth-order valence-electron chi connectivity index (χ4n) is 1.01. The van der Waals surface area contributed by atoms with Gasteiger partial charge in [0, 0.05) is 0 Å². The number of ketones is 1. The molecule has 0 fully saturated rings. The molecule has 0 saturated carbocycles. The van der Waals surface area contributed by atoms with Crippen molar-refractivity contribution in [2.45, 2.75) is 20.3 Å². The van der Waals surface area contributed by atoms with E-state index in [9.17, 15) is 9.59 Å². The molecule has 1 N–H and O–H groups in total. The number of carbonyl (C=O) groups excluding carboxylic acids is 1. The molecular weight excluding hydrogens is 234 g/mol. The third-order valence-corrected chi connectivity index (χ3v) is 1.69. The molecule has 0 aliphatic rings. The summed E-state index contributed by atoms with van der Waals surface area (Å²) in [6.07, 6.45) is -0.361. The van der Waals surface area contributed by atoms with Crippen molar-refractivity contribution in [2.75, 3.05) is 6.61 Å².